The molecule has 0 amide bonds. The maximum atomic E-state index is 5.94. The molecule has 0 bridgehead atoms. The Balaban J connectivity index is 1.41. The van der Waals surface area contributed by atoms with E-state index in [1.165, 1.54) is 25.9 Å². The van der Waals surface area contributed by atoms with Crippen LogP contribution >= 0.6 is 0 Å². The van der Waals surface area contributed by atoms with Crippen LogP contribution in [0.5, 0.6) is 0 Å². The van der Waals surface area contributed by atoms with E-state index in [0.29, 0.717) is 17.7 Å². The first-order valence-corrected chi connectivity index (χ1v) is 10.3. The predicted molar refractivity (Wildman–Crippen MR) is 103 cm³/mol. The molecule has 1 saturated carbocycles. The van der Waals surface area contributed by atoms with Crippen LogP contribution in [0.15, 0.2) is 0 Å². The van der Waals surface area contributed by atoms with Crippen LogP contribution in [0, 0.1) is 5.92 Å². The third-order valence-corrected chi connectivity index (χ3v) is 5.28. The van der Waals surface area contributed by atoms with Crippen molar-refractivity contribution >= 4 is 0 Å². The number of nitrogens with zero attached hydrogens (tertiary/aromatic N) is 1. The predicted octanol–water partition coefficient (Wildman–Crippen LogP) is 4.27. The normalized spacial score (nSPS) is 26.6. The fourth-order valence-electron chi connectivity index (χ4n) is 3.68. The quantitative estimate of drug-likeness (QED) is 0.609. The van der Waals surface area contributed by atoms with E-state index in [1.807, 2.05) is 0 Å². The molecule has 4 nitrogen and oxygen atoms in total. The van der Waals surface area contributed by atoms with Gasteiger partial charge in [0.15, 0.2) is 0 Å². The van der Waals surface area contributed by atoms with Gasteiger partial charge in [-0.25, -0.2) is 0 Å². The van der Waals surface area contributed by atoms with Gasteiger partial charge in [0.05, 0.1) is 17.8 Å². The summed E-state index contributed by atoms with van der Waals surface area (Å²) >= 11 is 0. The third-order valence-electron chi connectivity index (χ3n) is 5.28. The number of hydrogen-bond acceptors (Lipinski definition) is 4. The summed E-state index contributed by atoms with van der Waals surface area (Å²) in [6.45, 7) is 18.3. The van der Waals surface area contributed by atoms with Gasteiger partial charge in [0, 0.05) is 25.4 Å². The van der Waals surface area contributed by atoms with Crippen molar-refractivity contribution in [2.45, 2.75) is 97.0 Å². The number of likely N-dealkylation sites (tertiary alicyclic amines) is 1. The zero-order valence-corrected chi connectivity index (χ0v) is 17.5. The molecule has 1 aliphatic heterocycles. The summed E-state index contributed by atoms with van der Waals surface area (Å²) in [6, 6.07) is 0. The van der Waals surface area contributed by atoms with Crippen LogP contribution in [0.4, 0.5) is 0 Å². The van der Waals surface area contributed by atoms with E-state index in [2.05, 4.69) is 46.4 Å². The minimum absolute atomic E-state index is 0.0352. The molecule has 4 heteroatoms. The Bertz CT molecular complexity index is 372. The number of rotatable bonds is 8. The van der Waals surface area contributed by atoms with E-state index >= 15 is 0 Å². The molecule has 0 atom stereocenters. The highest BCUT2D eigenvalue weighted by molar-refractivity contribution is 4.83. The molecule has 1 heterocycles. The highest BCUT2D eigenvalue weighted by Crippen LogP contribution is 2.30. The van der Waals surface area contributed by atoms with Crippen molar-refractivity contribution in [1.29, 1.82) is 0 Å². The Labute approximate surface area is 155 Å². The Morgan fingerprint density at radius 2 is 1.52 bits per heavy atom. The average molecular weight is 356 g/mol. The molecular weight excluding hydrogens is 314 g/mol. The van der Waals surface area contributed by atoms with Crippen LogP contribution in [0.3, 0.4) is 0 Å². The first-order chi connectivity index (χ1) is 11.6. The Morgan fingerprint density at radius 3 is 2.08 bits per heavy atom. The van der Waals surface area contributed by atoms with E-state index in [4.69, 9.17) is 14.2 Å². The molecule has 2 fully saturated rings. The van der Waals surface area contributed by atoms with Gasteiger partial charge >= 0.3 is 0 Å². The summed E-state index contributed by atoms with van der Waals surface area (Å²) < 4.78 is 17.7. The second-order valence-corrected chi connectivity index (χ2v) is 9.85. The lowest BCUT2D eigenvalue weighted by atomic mass is 9.91. The largest absolute Gasteiger partial charge is 0.381 e. The molecule has 0 radical (unpaired) electrons. The molecule has 0 aromatic rings. The van der Waals surface area contributed by atoms with E-state index < -0.39 is 0 Å². The zero-order chi connectivity index (χ0) is 18.5. The van der Waals surface area contributed by atoms with Gasteiger partial charge in [0.2, 0.25) is 0 Å². The number of piperidine rings is 1. The van der Waals surface area contributed by atoms with Crippen LogP contribution in [-0.4, -0.2) is 61.2 Å². The maximum Gasteiger partial charge on any atom is 0.0631 e. The summed E-state index contributed by atoms with van der Waals surface area (Å²) in [5.41, 5.74) is 0.272. The van der Waals surface area contributed by atoms with Gasteiger partial charge in [0.25, 0.3) is 0 Å². The van der Waals surface area contributed by atoms with Crippen LogP contribution < -0.4 is 0 Å². The highest BCUT2D eigenvalue weighted by Gasteiger charge is 2.33. The molecular formula is C21H41NO3. The first-order valence-electron chi connectivity index (χ1n) is 10.3. The van der Waals surface area contributed by atoms with Gasteiger partial charge in [-0.15, -0.1) is 0 Å². The molecule has 25 heavy (non-hydrogen) atoms. The summed E-state index contributed by atoms with van der Waals surface area (Å²) in [4.78, 5) is 2.59. The fraction of sp³-hybridized carbons (Fsp3) is 1.00. The van der Waals surface area contributed by atoms with Crippen LogP contribution in [0.25, 0.3) is 0 Å². The van der Waals surface area contributed by atoms with Crippen LogP contribution in [-0.2, 0) is 14.2 Å². The molecule has 0 aromatic heterocycles. The summed E-state index contributed by atoms with van der Waals surface area (Å²) in [7, 11) is 0. The second kappa shape index (κ2) is 9.16. The van der Waals surface area contributed by atoms with Crippen molar-refractivity contribution in [3.8, 4) is 0 Å². The molecule has 0 aromatic carbocycles. The lowest BCUT2D eigenvalue weighted by Crippen LogP contribution is -2.46. The van der Waals surface area contributed by atoms with Crippen molar-refractivity contribution in [3.05, 3.63) is 0 Å². The maximum absolute atomic E-state index is 5.94. The Morgan fingerprint density at radius 1 is 0.880 bits per heavy atom. The Hall–Kier alpha value is -0.160. The second-order valence-electron chi connectivity index (χ2n) is 9.85. The SMILES string of the molecule is CC(C)(C)OC1CC(OCCCOCC2CCN(C(C)(C)C)CC2)C1. The van der Waals surface area contributed by atoms with Gasteiger partial charge in [-0.1, -0.05) is 0 Å². The van der Waals surface area contributed by atoms with Crippen molar-refractivity contribution in [3.63, 3.8) is 0 Å². The van der Waals surface area contributed by atoms with Gasteiger partial charge < -0.3 is 14.2 Å². The molecule has 1 aliphatic carbocycles. The molecule has 0 unspecified atom stereocenters. The highest BCUT2D eigenvalue weighted by atomic mass is 16.5. The van der Waals surface area contributed by atoms with E-state index in [1.54, 1.807) is 0 Å². The monoisotopic (exact) mass is 355 g/mol. The fourth-order valence-corrected chi connectivity index (χ4v) is 3.68. The van der Waals surface area contributed by atoms with Gasteiger partial charge in [-0.3, -0.25) is 4.90 Å². The summed E-state index contributed by atoms with van der Waals surface area (Å²) in [6.07, 6.45) is 6.42. The smallest absolute Gasteiger partial charge is 0.0631 e. The Kier molecular flexibility index (Phi) is 7.75. The molecule has 0 N–H and O–H groups in total. The average Bonchev–Trinajstić information content (AvgIpc) is 2.46. The van der Waals surface area contributed by atoms with E-state index in [0.717, 1.165) is 45.0 Å². The standard InChI is InChI=1S/C21H41NO3/c1-20(2,3)22-10-8-17(9-11-22)16-23-12-7-13-24-18-14-19(15-18)25-21(4,5)6/h17-19H,7-16H2,1-6H3. The van der Waals surface area contributed by atoms with Crippen LogP contribution in [0.1, 0.15) is 73.6 Å². The molecule has 2 rings (SSSR count). The van der Waals surface area contributed by atoms with Crippen molar-refractivity contribution < 1.29 is 14.2 Å². The van der Waals surface area contributed by atoms with Crippen LogP contribution in [0.2, 0.25) is 0 Å². The molecule has 0 spiro atoms. The summed E-state index contributed by atoms with van der Waals surface area (Å²) in [5.74, 6) is 0.737. The number of hydrogen-bond donors (Lipinski definition) is 0. The topological polar surface area (TPSA) is 30.9 Å². The first kappa shape index (κ1) is 21.1. The van der Waals surface area contributed by atoms with E-state index in [-0.39, 0.29) is 5.60 Å². The van der Waals surface area contributed by atoms with Gasteiger partial charge in [0.1, 0.15) is 0 Å². The van der Waals surface area contributed by atoms with Crippen molar-refractivity contribution in [2.75, 3.05) is 32.9 Å². The molecule has 1 saturated heterocycles. The zero-order valence-electron chi connectivity index (χ0n) is 17.5. The lowest BCUT2D eigenvalue weighted by molar-refractivity contribution is -0.149. The number of ether oxygens (including phenoxy) is 3. The minimum atomic E-state index is -0.0352. The third kappa shape index (κ3) is 7.94. The minimum Gasteiger partial charge on any atom is -0.381 e. The van der Waals surface area contributed by atoms with E-state index in [9.17, 15) is 0 Å². The molecule has 2 aliphatic rings. The van der Waals surface area contributed by atoms with Gasteiger partial charge in [-0.05, 0) is 92.7 Å². The van der Waals surface area contributed by atoms with Crippen molar-refractivity contribution in [1.82, 2.24) is 4.90 Å². The lowest BCUT2D eigenvalue weighted by Gasteiger charge is -2.40. The van der Waals surface area contributed by atoms with Gasteiger partial charge in [-0.2, -0.15) is 0 Å². The van der Waals surface area contributed by atoms with Crippen molar-refractivity contribution in [2.24, 2.45) is 5.92 Å². The molecule has 148 valence electrons. The summed E-state index contributed by atoms with van der Waals surface area (Å²) in [5, 5.41) is 0.